The van der Waals surface area contributed by atoms with Gasteiger partial charge in [-0.1, -0.05) is 0 Å². The Morgan fingerprint density at radius 3 is 2.61 bits per heavy atom. The van der Waals surface area contributed by atoms with Crippen molar-refractivity contribution in [2.24, 2.45) is 0 Å². The molecule has 0 aromatic carbocycles. The van der Waals surface area contributed by atoms with Gasteiger partial charge in [-0.3, -0.25) is 4.79 Å². The Bertz CT molecular complexity index is 779. The second-order valence-corrected chi connectivity index (χ2v) is 5.03. The fraction of sp³-hybridized carbons (Fsp3) is 0.176. The normalized spacial score (nSPS) is 12.1. The minimum atomic E-state index is -0.596. The molecule has 1 atom stereocenters. The maximum absolute atomic E-state index is 12.4. The summed E-state index contributed by atoms with van der Waals surface area (Å²) in [5, 5.41) is 12.2. The first-order valence-corrected chi connectivity index (χ1v) is 7.15. The van der Waals surface area contributed by atoms with Crippen LogP contribution in [0.5, 0.6) is 0 Å². The first-order chi connectivity index (χ1) is 11.2. The Morgan fingerprint density at radius 1 is 1.22 bits per heavy atom. The zero-order valence-electron chi connectivity index (χ0n) is 12.5. The van der Waals surface area contributed by atoms with Crippen LogP contribution in [-0.4, -0.2) is 22.6 Å². The summed E-state index contributed by atoms with van der Waals surface area (Å²) in [6.07, 6.45) is 3.07. The maximum atomic E-state index is 12.4. The monoisotopic (exact) mass is 312 g/mol. The molecule has 3 rings (SSSR count). The van der Waals surface area contributed by atoms with E-state index in [0.29, 0.717) is 28.5 Å². The summed E-state index contributed by atoms with van der Waals surface area (Å²) in [5.74, 6) is 0.819. The molecule has 0 aliphatic carbocycles. The standard InChI is InChI=1S/C17H16N2O4/c1-11-12(6-7-13(18-11)15-4-2-8-22-15)17(21)19-14(10-20)16-5-3-9-23-16/h2-9,14,20H,10H2,1H3,(H,19,21). The molecule has 3 aromatic heterocycles. The number of aliphatic hydroxyl groups is 1. The average molecular weight is 312 g/mol. The van der Waals surface area contributed by atoms with E-state index in [4.69, 9.17) is 8.83 Å². The fourth-order valence-electron chi connectivity index (χ4n) is 2.29. The van der Waals surface area contributed by atoms with E-state index in [9.17, 15) is 9.90 Å². The number of rotatable bonds is 5. The molecule has 0 fully saturated rings. The number of nitrogens with one attached hydrogen (secondary N) is 1. The molecule has 1 amide bonds. The van der Waals surface area contributed by atoms with Crippen LogP contribution in [-0.2, 0) is 0 Å². The number of carbonyl (C=O) groups excluding carboxylic acids is 1. The van der Waals surface area contributed by atoms with Crippen LogP contribution in [0.4, 0.5) is 0 Å². The van der Waals surface area contributed by atoms with Crippen molar-refractivity contribution in [3.05, 3.63) is 65.9 Å². The van der Waals surface area contributed by atoms with E-state index < -0.39 is 6.04 Å². The van der Waals surface area contributed by atoms with E-state index in [-0.39, 0.29) is 12.5 Å². The number of aromatic nitrogens is 1. The summed E-state index contributed by atoms with van der Waals surface area (Å²) in [7, 11) is 0. The van der Waals surface area contributed by atoms with Crippen molar-refractivity contribution in [2.45, 2.75) is 13.0 Å². The fourth-order valence-corrected chi connectivity index (χ4v) is 2.29. The molecule has 2 N–H and O–H groups in total. The van der Waals surface area contributed by atoms with Gasteiger partial charge >= 0.3 is 0 Å². The molecule has 3 aromatic rings. The lowest BCUT2D eigenvalue weighted by Crippen LogP contribution is -2.31. The van der Waals surface area contributed by atoms with Gasteiger partial charge in [-0.25, -0.2) is 4.98 Å². The molecule has 23 heavy (non-hydrogen) atoms. The van der Waals surface area contributed by atoms with Crippen molar-refractivity contribution in [3.8, 4) is 11.5 Å². The summed E-state index contributed by atoms with van der Waals surface area (Å²) in [5.41, 5.74) is 1.67. The van der Waals surface area contributed by atoms with Crippen molar-refractivity contribution in [2.75, 3.05) is 6.61 Å². The molecular formula is C17H16N2O4. The van der Waals surface area contributed by atoms with Crippen LogP contribution in [0.2, 0.25) is 0 Å². The third kappa shape index (κ3) is 3.17. The van der Waals surface area contributed by atoms with Crippen LogP contribution < -0.4 is 5.32 Å². The number of nitrogens with zero attached hydrogens (tertiary/aromatic N) is 1. The van der Waals surface area contributed by atoms with Crippen molar-refractivity contribution in [3.63, 3.8) is 0 Å². The lowest BCUT2D eigenvalue weighted by atomic mass is 10.1. The van der Waals surface area contributed by atoms with Crippen molar-refractivity contribution in [1.82, 2.24) is 10.3 Å². The predicted octanol–water partition coefficient (Wildman–Crippen LogP) is 2.71. The van der Waals surface area contributed by atoms with Crippen LogP contribution in [0, 0.1) is 6.92 Å². The first-order valence-electron chi connectivity index (χ1n) is 7.15. The van der Waals surface area contributed by atoms with Gasteiger partial charge in [0, 0.05) is 0 Å². The largest absolute Gasteiger partial charge is 0.467 e. The van der Waals surface area contributed by atoms with Crippen molar-refractivity contribution in [1.29, 1.82) is 0 Å². The van der Waals surface area contributed by atoms with Gasteiger partial charge in [0.05, 0.1) is 30.4 Å². The third-order valence-electron chi connectivity index (χ3n) is 3.48. The van der Waals surface area contributed by atoms with Gasteiger partial charge in [0.15, 0.2) is 5.76 Å². The van der Waals surface area contributed by atoms with Crippen LogP contribution in [0.15, 0.2) is 57.8 Å². The molecular weight excluding hydrogens is 296 g/mol. The molecule has 3 heterocycles. The number of aryl methyl sites for hydroxylation is 1. The number of aliphatic hydroxyl groups excluding tert-OH is 1. The Labute approximate surface area is 132 Å². The van der Waals surface area contributed by atoms with Crippen LogP contribution in [0.25, 0.3) is 11.5 Å². The number of amides is 1. The molecule has 0 saturated heterocycles. The number of furan rings is 2. The highest BCUT2D eigenvalue weighted by molar-refractivity contribution is 5.95. The van der Waals surface area contributed by atoms with Crippen molar-refractivity contribution >= 4 is 5.91 Å². The highest BCUT2D eigenvalue weighted by Crippen LogP contribution is 2.20. The number of hydrogen-bond donors (Lipinski definition) is 2. The minimum Gasteiger partial charge on any atom is -0.467 e. The lowest BCUT2D eigenvalue weighted by Gasteiger charge is -2.15. The van der Waals surface area contributed by atoms with E-state index in [2.05, 4.69) is 10.3 Å². The van der Waals surface area contributed by atoms with Gasteiger partial charge in [0.1, 0.15) is 17.5 Å². The van der Waals surface area contributed by atoms with E-state index in [1.54, 1.807) is 49.6 Å². The lowest BCUT2D eigenvalue weighted by molar-refractivity contribution is 0.0906. The summed E-state index contributed by atoms with van der Waals surface area (Å²) in [6, 6.07) is 9.80. The predicted molar refractivity (Wildman–Crippen MR) is 82.7 cm³/mol. The zero-order chi connectivity index (χ0) is 16.2. The topological polar surface area (TPSA) is 88.5 Å². The van der Waals surface area contributed by atoms with Gasteiger partial charge in [0.25, 0.3) is 5.91 Å². The van der Waals surface area contributed by atoms with Crippen LogP contribution in [0.1, 0.15) is 27.9 Å². The van der Waals surface area contributed by atoms with Gasteiger partial charge in [0.2, 0.25) is 0 Å². The Hall–Kier alpha value is -2.86. The van der Waals surface area contributed by atoms with Crippen LogP contribution >= 0.6 is 0 Å². The Kier molecular flexibility index (Phi) is 4.25. The molecule has 0 saturated carbocycles. The van der Waals surface area contributed by atoms with Gasteiger partial charge in [-0.2, -0.15) is 0 Å². The molecule has 0 radical (unpaired) electrons. The highest BCUT2D eigenvalue weighted by atomic mass is 16.3. The SMILES string of the molecule is Cc1nc(-c2ccco2)ccc1C(=O)NC(CO)c1ccco1. The summed E-state index contributed by atoms with van der Waals surface area (Å²) >= 11 is 0. The van der Waals surface area contributed by atoms with E-state index >= 15 is 0 Å². The Balaban J connectivity index is 1.79. The third-order valence-corrected chi connectivity index (χ3v) is 3.48. The zero-order valence-corrected chi connectivity index (χ0v) is 12.5. The van der Waals surface area contributed by atoms with Gasteiger partial charge in [-0.05, 0) is 43.3 Å². The molecule has 6 nitrogen and oxygen atoms in total. The molecule has 0 bridgehead atoms. The molecule has 6 heteroatoms. The van der Waals surface area contributed by atoms with Gasteiger partial charge < -0.3 is 19.3 Å². The second kappa shape index (κ2) is 6.50. The molecule has 0 aliphatic rings. The average Bonchev–Trinajstić information content (AvgIpc) is 3.25. The highest BCUT2D eigenvalue weighted by Gasteiger charge is 2.19. The van der Waals surface area contributed by atoms with Crippen LogP contribution in [0.3, 0.4) is 0 Å². The van der Waals surface area contributed by atoms with E-state index in [0.717, 1.165) is 0 Å². The summed E-state index contributed by atoms with van der Waals surface area (Å²) in [4.78, 5) is 16.8. The molecule has 118 valence electrons. The summed E-state index contributed by atoms with van der Waals surface area (Å²) < 4.78 is 10.5. The molecule has 0 aliphatic heterocycles. The number of hydrogen-bond acceptors (Lipinski definition) is 5. The van der Waals surface area contributed by atoms with E-state index in [1.165, 1.54) is 6.26 Å². The quantitative estimate of drug-likeness (QED) is 0.756. The maximum Gasteiger partial charge on any atom is 0.253 e. The summed E-state index contributed by atoms with van der Waals surface area (Å²) in [6.45, 7) is 1.50. The van der Waals surface area contributed by atoms with Crippen molar-refractivity contribution < 1.29 is 18.7 Å². The smallest absolute Gasteiger partial charge is 0.253 e. The molecule has 1 unspecified atom stereocenters. The number of carbonyl (C=O) groups is 1. The van der Waals surface area contributed by atoms with E-state index in [1.807, 2.05) is 0 Å². The number of pyridine rings is 1. The Morgan fingerprint density at radius 2 is 2.00 bits per heavy atom. The second-order valence-electron chi connectivity index (χ2n) is 5.03. The minimum absolute atomic E-state index is 0.254. The van der Waals surface area contributed by atoms with Gasteiger partial charge in [-0.15, -0.1) is 0 Å². The first kappa shape index (κ1) is 15.1. The molecule has 0 spiro atoms.